The van der Waals surface area contributed by atoms with E-state index in [4.69, 9.17) is 4.74 Å². The molecule has 11 heteroatoms. The molecule has 1 aromatic carbocycles. The second kappa shape index (κ2) is 8.53. The predicted octanol–water partition coefficient (Wildman–Crippen LogP) is 4.07. The number of fused-ring (bicyclic) bond motifs is 1. The van der Waals surface area contributed by atoms with Gasteiger partial charge in [-0.05, 0) is 32.4 Å². The Morgan fingerprint density at radius 2 is 1.88 bits per heavy atom. The van der Waals surface area contributed by atoms with Crippen LogP contribution in [0, 0.1) is 13.8 Å². The van der Waals surface area contributed by atoms with Crippen LogP contribution >= 0.6 is 0 Å². The summed E-state index contributed by atoms with van der Waals surface area (Å²) in [5.74, 6) is -1.87. The van der Waals surface area contributed by atoms with Crippen LogP contribution in [0.1, 0.15) is 50.1 Å². The zero-order chi connectivity index (χ0) is 24.8. The largest absolute Gasteiger partial charge is 0.454 e. The van der Waals surface area contributed by atoms with Crippen LogP contribution < -0.4 is 0 Å². The summed E-state index contributed by atoms with van der Waals surface area (Å²) in [7, 11) is -3.15. The highest BCUT2D eigenvalue weighted by Gasteiger charge is 2.38. The van der Waals surface area contributed by atoms with E-state index in [1.54, 1.807) is 24.5 Å². The number of hydrogen-bond donors (Lipinski definition) is 0. The summed E-state index contributed by atoms with van der Waals surface area (Å²) < 4.78 is 71.7. The number of ether oxygens (including phenoxy) is 1. The zero-order valence-electron chi connectivity index (χ0n) is 18.3. The predicted molar refractivity (Wildman–Crippen MR) is 118 cm³/mol. The lowest BCUT2D eigenvalue weighted by atomic mass is 10.0. The van der Waals surface area contributed by atoms with Gasteiger partial charge in [-0.3, -0.25) is 9.78 Å². The summed E-state index contributed by atoms with van der Waals surface area (Å²) in [5, 5.41) is -0.245. The highest BCUT2D eigenvalue weighted by atomic mass is 32.2. The van der Waals surface area contributed by atoms with Crippen molar-refractivity contribution in [3.05, 3.63) is 64.6 Å². The van der Waals surface area contributed by atoms with Gasteiger partial charge in [0.05, 0.1) is 28.1 Å². The van der Waals surface area contributed by atoms with Crippen LogP contribution in [0.25, 0.3) is 10.9 Å². The number of sulfone groups is 1. The van der Waals surface area contributed by atoms with E-state index in [0.29, 0.717) is 17.8 Å². The number of carbonyl (C=O) groups excluding carboxylic acids is 2. The SMILES string of the molecule is Cc1cc(C(=O)COC(=O)c2cnc3ccccc3c2C(F)(F)F)c(C)n1[C@@H]1CCS(=O)(=O)C1. The fourth-order valence-electron chi connectivity index (χ4n) is 4.49. The highest BCUT2D eigenvalue weighted by Crippen LogP contribution is 2.37. The van der Waals surface area contributed by atoms with Crippen LogP contribution in [0.5, 0.6) is 0 Å². The summed E-state index contributed by atoms with van der Waals surface area (Å²) in [6.45, 7) is 2.62. The molecule has 1 atom stereocenters. The fourth-order valence-corrected chi connectivity index (χ4v) is 6.19. The Balaban J connectivity index is 1.56. The Morgan fingerprint density at radius 1 is 1.18 bits per heavy atom. The molecule has 0 N–H and O–H groups in total. The molecule has 1 aliphatic heterocycles. The number of benzene rings is 1. The summed E-state index contributed by atoms with van der Waals surface area (Å²) in [6.07, 6.45) is -3.62. The minimum absolute atomic E-state index is 0.0266. The van der Waals surface area contributed by atoms with Crippen LogP contribution in [0.3, 0.4) is 0 Å². The maximum Gasteiger partial charge on any atom is 0.417 e. The summed E-state index contributed by atoms with van der Waals surface area (Å²) in [4.78, 5) is 29.2. The Morgan fingerprint density at radius 3 is 2.53 bits per heavy atom. The number of alkyl halides is 3. The molecule has 0 bridgehead atoms. The van der Waals surface area contributed by atoms with Crippen molar-refractivity contribution in [1.82, 2.24) is 9.55 Å². The van der Waals surface area contributed by atoms with Gasteiger partial charge in [-0.25, -0.2) is 13.2 Å². The molecule has 0 spiro atoms. The number of hydrogen-bond acceptors (Lipinski definition) is 6. The molecule has 34 heavy (non-hydrogen) atoms. The van der Waals surface area contributed by atoms with E-state index in [1.807, 2.05) is 0 Å². The smallest absolute Gasteiger partial charge is 0.417 e. The second-order valence-corrected chi connectivity index (χ2v) is 10.5. The average molecular weight is 494 g/mol. The van der Waals surface area contributed by atoms with Gasteiger partial charge in [0, 0.05) is 34.6 Å². The van der Waals surface area contributed by atoms with Gasteiger partial charge in [-0.15, -0.1) is 0 Å². The summed E-state index contributed by atoms with van der Waals surface area (Å²) in [6, 6.07) is 6.81. The fraction of sp³-hybridized carbons (Fsp3) is 0.348. The van der Waals surface area contributed by atoms with Crippen molar-refractivity contribution in [2.75, 3.05) is 18.1 Å². The van der Waals surface area contributed by atoms with Crippen molar-refractivity contribution >= 4 is 32.5 Å². The van der Waals surface area contributed by atoms with Gasteiger partial charge in [0.15, 0.2) is 16.4 Å². The number of pyridine rings is 1. The molecule has 0 radical (unpaired) electrons. The number of Topliss-reactive ketones (excluding diaryl/α,β-unsaturated/α-hetero) is 1. The molecule has 0 aliphatic carbocycles. The van der Waals surface area contributed by atoms with Gasteiger partial charge < -0.3 is 9.30 Å². The standard InChI is InChI=1S/C23H21F3N2O5S/c1-13-9-17(14(2)28(13)15-7-8-34(31,32)12-15)20(29)11-33-22(30)18-10-27-19-6-4-3-5-16(19)21(18)23(24,25)26/h3-6,9-10,15H,7-8,11-12H2,1-2H3/t15-/m1/s1. The molecule has 7 nitrogen and oxygen atoms in total. The van der Waals surface area contributed by atoms with Gasteiger partial charge in [-0.1, -0.05) is 18.2 Å². The lowest BCUT2D eigenvalue weighted by molar-refractivity contribution is -0.136. The van der Waals surface area contributed by atoms with Crippen LogP contribution in [0.2, 0.25) is 0 Å². The normalized spacial score (nSPS) is 17.7. The van der Waals surface area contributed by atoms with E-state index in [0.717, 1.165) is 6.20 Å². The Hall–Kier alpha value is -3.21. The van der Waals surface area contributed by atoms with E-state index < -0.39 is 45.5 Å². The Kier molecular flexibility index (Phi) is 6.01. The molecule has 0 unspecified atom stereocenters. The third-order valence-corrected chi connectivity index (χ3v) is 7.72. The number of para-hydroxylation sites is 1. The monoisotopic (exact) mass is 494 g/mol. The topological polar surface area (TPSA) is 95.3 Å². The maximum atomic E-state index is 13.8. The first-order chi connectivity index (χ1) is 15.9. The van der Waals surface area contributed by atoms with Crippen molar-refractivity contribution in [1.29, 1.82) is 0 Å². The lowest BCUT2D eigenvalue weighted by Gasteiger charge is -2.16. The van der Waals surface area contributed by atoms with Crippen molar-refractivity contribution in [3.8, 4) is 0 Å². The maximum absolute atomic E-state index is 13.8. The first-order valence-corrected chi connectivity index (χ1v) is 12.3. The summed E-state index contributed by atoms with van der Waals surface area (Å²) in [5.41, 5.74) is -0.459. The van der Waals surface area contributed by atoms with Crippen LogP contribution in [-0.2, 0) is 20.8 Å². The molecule has 180 valence electrons. The van der Waals surface area contributed by atoms with Crippen molar-refractivity contribution in [2.24, 2.45) is 0 Å². The van der Waals surface area contributed by atoms with E-state index >= 15 is 0 Å². The third-order valence-electron chi connectivity index (χ3n) is 5.97. The van der Waals surface area contributed by atoms with E-state index in [9.17, 15) is 31.2 Å². The van der Waals surface area contributed by atoms with Crippen molar-refractivity contribution in [2.45, 2.75) is 32.5 Å². The first-order valence-electron chi connectivity index (χ1n) is 10.4. The van der Waals surface area contributed by atoms with E-state index in [2.05, 4.69) is 4.98 Å². The minimum atomic E-state index is -4.84. The van der Waals surface area contributed by atoms with Crippen molar-refractivity contribution < 1.29 is 35.9 Å². The molecule has 1 fully saturated rings. The number of nitrogens with zero attached hydrogens (tertiary/aromatic N) is 2. The third kappa shape index (κ3) is 4.44. The number of ketones is 1. The van der Waals surface area contributed by atoms with Gasteiger partial charge >= 0.3 is 12.1 Å². The molecule has 1 saturated heterocycles. The number of aryl methyl sites for hydroxylation is 1. The Bertz CT molecular complexity index is 1410. The number of rotatable bonds is 5. The molecular formula is C23H21F3N2O5S. The summed E-state index contributed by atoms with van der Waals surface area (Å²) >= 11 is 0. The van der Waals surface area contributed by atoms with Crippen LogP contribution in [-0.4, -0.2) is 47.8 Å². The Labute approximate surface area is 193 Å². The second-order valence-electron chi connectivity index (χ2n) is 8.27. The number of halogens is 3. The molecule has 1 aliphatic rings. The molecule has 3 heterocycles. The van der Waals surface area contributed by atoms with Gasteiger partial charge in [0.2, 0.25) is 5.78 Å². The van der Waals surface area contributed by atoms with Crippen LogP contribution in [0.15, 0.2) is 36.5 Å². The first kappa shape index (κ1) is 23.9. The zero-order valence-corrected chi connectivity index (χ0v) is 19.2. The van der Waals surface area contributed by atoms with Gasteiger partial charge in [0.1, 0.15) is 0 Å². The molecule has 2 aromatic heterocycles. The molecule has 4 rings (SSSR count). The van der Waals surface area contributed by atoms with Crippen molar-refractivity contribution in [3.63, 3.8) is 0 Å². The molecule has 3 aromatic rings. The van der Waals surface area contributed by atoms with Gasteiger partial charge in [-0.2, -0.15) is 13.2 Å². The van der Waals surface area contributed by atoms with Crippen LogP contribution in [0.4, 0.5) is 13.2 Å². The van der Waals surface area contributed by atoms with E-state index in [1.165, 1.54) is 24.3 Å². The highest BCUT2D eigenvalue weighted by molar-refractivity contribution is 7.91. The van der Waals surface area contributed by atoms with Gasteiger partial charge in [0.25, 0.3) is 0 Å². The molecule has 0 amide bonds. The average Bonchev–Trinajstić information content (AvgIpc) is 3.27. The molecule has 0 saturated carbocycles. The number of esters is 1. The number of aromatic nitrogens is 2. The quantitative estimate of drug-likeness (QED) is 0.392. The molecular weight excluding hydrogens is 473 g/mol. The van der Waals surface area contributed by atoms with E-state index in [-0.39, 0.29) is 34.0 Å². The number of carbonyl (C=O) groups is 2. The minimum Gasteiger partial charge on any atom is -0.454 e. The lowest BCUT2D eigenvalue weighted by Crippen LogP contribution is -2.20.